The number of hydrogen-bond donors (Lipinski definition) is 0. The minimum absolute atomic E-state index is 0. The van der Waals surface area contributed by atoms with E-state index in [0.717, 1.165) is 6.29 Å². The maximum atomic E-state index is 11.3. The second kappa shape index (κ2) is 14.1. The van der Waals surface area contributed by atoms with E-state index in [1.807, 2.05) is 20.8 Å². The van der Waals surface area contributed by atoms with E-state index in [-0.39, 0.29) is 43.6 Å². The van der Waals surface area contributed by atoms with Crippen molar-refractivity contribution < 1.29 is 42.8 Å². The van der Waals surface area contributed by atoms with Crippen molar-refractivity contribution >= 4 is 34.2 Å². The molecule has 3 heterocycles. The molecule has 3 aliphatic rings. The van der Waals surface area contributed by atoms with Gasteiger partial charge in [-0.25, -0.2) is 9.59 Å². The summed E-state index contributed by atoms with van der Waals surface area (Å²) in [7, 11) is 1.37. The molecule has 4 unspecified atom stereocenters. The molecule has 0 radical (unpaired) electrons. The van der Waals surface area contributed by atoms with E-state index in [9.17, 15) is 14.4 Å². The highest BCUT2D eigenvalue weighted by atomic mass is 79.9. The van der Waals surface area contributed by atoms with Gasteiger partial charge in [-0.05, 0) is 34.6 Å². The van der Waals surface area contributed by atoms with Gasteiger partial charge in [0.05, 0.1) is 20.3 Å². The number of methoxy groups -OCH3 is 1. The molecule has 0 N–H and O–H groups in total. The third-order valence-electron chi connectivity index (χ3n) is 5.07. The molecule has 0 spiro atoms. The van der Waals surface area contributed by atoms with Crippen LogP contribution in [0.5, 0.6) is 0 Å². The monoisotopic (exact) mass is 550 g/mol. The lowest BCUT2D eigenvalue weighted by atomic mass is 9.96. The molecule has 0 bridgehead atoms. The Bertz CT molecular complexity index is 745. The van der Waals surface area contributed by atoms with Gasteiger partial charge in [0.25, 0.3) is 0 Å². The van der Waals surface area contributed by atoms with E-state index in [1.54, 1.807) is 26.8 Å². The highest BCUT2D eigenvalue weighted by Gasteiger charge is 2.46. The van der Waals surface area contributed by atoms with Crippen LogP contribution in [-0.4, -0.2) is 73.8 Å². The molecule has 3 rings (SSSR count). The van der Waals surface area contributed by atoms with Crippen LogP contribution in [0.15, 0.2) is 23.8 Å². The van der Waals surface area contributed by atoms with Gasteiger partial charge in [0, 0.05) is 22.4 Å². The lowest BCUT2D eigenvalue weighted by Gasteiger charge is -2.22. The molecule has 0 aromatic rings. The molecule has 9 nitrogen and oxygen atoms in total. The fraction of sp³-hybridized carbons (Fsp3) is 0.708. The molecule has 3 saturated heterocycles. The first-order valence-corrected chi connectivity index (χ1v) is 11.7. The van der Waals surface area contributed by atoms with Gasteiger partial charge in [0.2, 0.25) is 0 Å². The average molecular weight is 551 g/mol. The Kier molecular flexibility index (Phi) is 13.4. The van der Waals surface area contributed by atoms with Gasteiger partial charge in [-0.2, -0.15) is 0 Å². The number of allylic oxidation sites excluding steroid dienone is 1. The first-order valence-electron chi connectivity index (χ1n) is 10.6. The second-order valence-electron chi connectivity index (χ2n) is 8.49. The molecule has 0 aromatic carbocycles. The number of rotatable bonds is 4. The molecule has 0 saturated carbocycles. The summed E-state index contributed by atoms with van der Waals surface area (Å²) in [5.41, 5.74) is 1.17. The fourth-order valence-electron chi connectivity index (χ4n) is 3.12. The van der Waals surface area contributed by atoms with E-state index in [2.05, 4.69) is 27.2 Å². The van der Waals surface area contributed by atoms with Crippen LogP contribution in [0.25, 0.3) is 0 Å². The predicted octanol–water partition coefficient (Wildman–Crippen LogP) is 3.73. The van der Waals surface area contributed by atoms with Gasteiger partial charge >= 0.3 is 11.9 Å². The Morgan fingerprint density at radius 3 is 2.00 bits per heavy atom. The van der Waals surface area contributed by atoms with Crippen LogP contribution in [-0.2, 0) is 42.8 Å². The number of alkyl halides is 1. The summed E-state index contributed by atoms with van der Waals surface area (Å²) in [6.45, 7) is 15.5. The average Bonchev–Trinajstić information content (AvgIpc) is 3.39. The molecule has 196 valence electrons. The predicted molar refractivity (Wildman–Crippen MR) is 130 cm³/mol. The Labute approximate surface area is 211 Å². The summed E-state index contributed by atoms with van der Waals surface area (Å²) in [6.07, 6.45) is 1.68. The highest BCUT2D eigenvalue weighted by molar-refractivity contribution is 9.09. The SMILES string of the molecule is C.C/C=C(\CBr)C(=O)OC.C=C1C(=O)OC(C2COC(C)(C)O2)C1C.CC1(C)OCC(C=O)O1. The zero-order valence-electron chi connectivity index (χ0n) is 20.3. The Morgan fingerprint density at radius 2 is 1.74 bits per heavy atom. The van der Waals surface area contributed by atoms with Gasteiger partial charge < -0.3 is 33.2 Å². The third kappa shape index (κ3) is 9.58. The number of cyclic esters (lactones) is 1. The Hall–Kier alpha value is -1.59. The van der Waals surface area contributed by atoms with Crippen LogP contribution in [0.4, 0.5) is 0 Å². The molecule has 4 atom stereocenters. The zero-order chi connectivity index (χ0) is 25.4. The van der Waals surface area contributed by atoms with Gasteiger partial charge in [-0.3, -0.25) is 0 Å². The lowest BCUT2D eigenvalue weighted by molar-refractivity contribution is -0.163. The van der Waals surface area contributed by atoms with Crippen molar-refractivity contribution in [2.24, 2.45) is 5.92 Å². The molecule has 3 fully saturated rings. The number of ether oxygens (including phenoxy) is 6. The van der Waals surface area contributed by atoms with Crippen LogP contribution in [0, 0.1) is 5.92 Å². The molecule has 10 heteroatoms. The number of hydrogen-bond acceptors (Lipinski definition) is 9. The van der Waals surface area contributed by atoms with E-state index < -0.39 is 11.6 Å². The first kappa shape index (κ1) is 32.4. The summed E-state index contributed by atoms with van der Waals surface area (Å²) in [4.78, 5) is 32.0. The van der Waals surface area contributed by atoms with Crippen molar-refractivity contribution in [3.8, 4) is 0 Å². The van der Waals surface area contributed by atoms with Crippen LogP contribution < -0.4 is 0 Å². The van der Waals surface area contributed by atoms with Crippen molar-refractivity contribution in [1.29, 1.82) is 0 Å². The molecular formula is C24H39BrO9. The number of halogens is 1. The summed E-state index contributed by atoms with van der Waals surface area (Å²) < 4.78 is 31.0. The van der Waals surface area contributed by atoms with E-state index in [0.29, 0.717) is 29.7 Å². The van der Waals surface area contributed by atoms with Crippen LogP contribution in [0.2, 0.25) is 0 Å². The van der Waals surface area contributed by atoms with Crippen molar-refractivity contribution in [2.75, 3.05) is 25.7 Å². The summed E-state index contributed by atoms with van der Waals surface area (Å²) in [5, 5.41) is 0.552. The summed E-state index contributed by atoms with van der Waals surface area (Å²) in [5.74, 6) is -1.73. The van der Waals surface area contributed by atoms with E-state index >= 15 is 0 Å². The van der Waals surface area contributed by atoms with Gasteiger partial charge in [-0.1, -0.05) is 42.9 Å². The zero-order valence-corrected chi connectivity index (χ0v) is 21.9. The third-order valence-corrected chi connectivity index (χ3v) is 5.67. The van der Waals surface area contributed by atoms with Crippen molar-refractivity contribution in [3.05, 3.63) is 23.8 Å². The first-order chi connectivity index (χ1) is 15.3. The second-order valence-corrected chi connectivity index (χ2v) is 9.05. The fourth-order valence-corrected chi connectivity index (χ4v) is 3.68. The Morgan fingerprint density at radius 1 is 1.18 bits per heavy atom. The minimum atomic E-state index is -0.583. The van der Waals surface area contributed by atoms with Crippen LogP contribution >= 0.6 is 15.9 Å². The van der Waals surface area contributed by atoms with Crippen LogP contribution in [0.3, 0.4) is 0 Å². The van der Waals surface area contributed by atoms with E-state index in [1.165, 1.54) is 7.11 Å². The Balaban J connectivity index is 0.000000502. The normalized spacial score (nSPS) is 29.0. The minimum Gasteiger partial charge on any atom is -0.466 e. The molecule has 3 aliphatic heterocycles. The molecule has 0 amide bonds. The largest absolute Gasteiger partial charge is 0.466 e. The maximum absolute atomic E-state index is 11.3. The summed E-state index contributed by atoms with van der Waals surface area (Å²) >= 11 is 3.15. The maximum Gasteiger partial charge on any atom is 0.334 e. The molecular weight excluding hydrogens is 512 g/mol. The number of carbonyl (C=O) groups is 3. The van der Waals surface area contributed by atoms with Crippen LogP contribution in [0.1, 0.15) is 49.0 Å². The topological polar surface area (TPSA) is 107 Å². The standard InChI is InChI=1S/C11H16O4.C6H9BrO2.C6H10O3.CH4/c1-6-7(2)10(12)14-9(6)8-5-13-11(3,4)15-8;1-3-5(4-7)6(8)9-2;1-6(2)8-4-5(3-7)9-6;/h6,8-9H,2,5H2,1,3-4H3;3H,4H2,1-2H3;3,5H,4H2,1-2H3;1H4/b;5-3+;;. The quantitative estimate of drug-likeness (QED) is 0.224. The lowest BCUT2D eigenvalue weighted by Crippen LogP contribution is -2.34. The smallest absolute Gasteiger partial charge is 0.334 e. The van der Waals surface area contributed by atoms with Gasteiger partial charge in [0.15, 0.2) is 17.9 Å². The number of esters is 2. The van der Waals surface area contributed by atoms with E-state index in [4.69, 9.17) is 23.7 Å². The summed E-state index contributed by atoms with van der Waals surface area (Å²) in [6, 6.07) is 0. The van der Waals surface area contributed by atoms with Crippen molar-refractivity contribution in [3.63, 3.8) is 0 Å². The van der Waals surface area contributed by atoms with Crippen molar-refractivity contribution in [2.45, 2.75) is 78.9 Å². The molecule has 34 heavy (non-hydrogen) atoms. The van der Waals surface area contributed by atoms with Gasteiger partial charge in [-0.15, -0.1) is 0 Å². The molecule has 0 aromatic heterocycles. The van der Waals surface area contributed by atoms with Crippen molar-refractivity contribution in [1.82, 2.24) is 0 Å². The van der Waals surface area contributed by atoms with Gasteiger partial charge in [0.1, 0.15) is 18.3 Å². The highest BCUT2D eigenvalue weighted by Crippen LogP contribution is 2.34. The molecule has 0 aliphatic carbocycles. The number of carbonyl (C=O) groups excluding carboxylic acids is 3. The number of aldehydes is 1.